The van der Waals surface area contributed by atoms with Crippen molar-refractivity contribution in [3.05, 3.63) is 33.6 Å². The topological polar surface area (TPSA) is 54.3 Å². The molecule has 1 aliphatic heterocycles. The summed E-state index contributed by atoms with van der Waals surface area (Å²) in [6.07, 6.45) is 3.64. The van der Waals surface area contributed by atoms with Crippen LogP contribution in [0.3, 0.4) is 0 Å². The molecule has 0 radical (unpaired) electrons. The van der Waals surface area contributed by atoms with Gasteiger partial charge in [-0.3, -0.25) is 18.4 Å². The van der Waals surface area contributed by atoms with Gasteiger partial charge >= 0.3 is 0 Å². The summed E-state index contributed by atoms with van der Waals surface area (Å²) in [7, 11) is 0. The van der Waals surface area contributed by atoms with E-state index in [4.69, 9.17) is 11.6 Å². The van der Waals surface area contributed by atoms with E-state index in [1.807, 2.05) is 6.07 Å². The molecule has 1 N–H and O–H groups in total. The van der Waals surface area contributed by atoms with Gasteiger partial charge in [0.15, 0.2) is 0 Å². The Hall–Kier alpha value is -1.08. The summed E-state index contributed by atoms with van der Waals surface area (Å²) in [5.41, 5.74) is -0.157. The number of likely N-dealkylation sites (tertiary alicyclic amines) is 1. The van der Waals surface area contributed by atoms with E-state index in [1.165, 1.54) is 34.8 Å². The van der Waals surface area contributed by atoms with Crippen LogP contribution in [0.4, 0.5) is 0 Å². The Balaban J connectivity index is 0.00000192. The SMILES string of the molecule is Cl.O=C(Cn1sc2ccc(Cl)cc2c1=O)NCN1CCCCC1. The van der Waals surface area contributed by atoms with Crippen molar-refractivity contribution in [2.75, 3.05) is 19.8 Å². The average molecular weight is 376 g/mol. The predicted octanol–water partition coefficient (Wildman–Crippen LogP) is 2.70. The number of aromatic nitrogens is 1. The van der Waals surface area contributed by atoms with Gasteiger partial charge in [0.25, 0.3) is 5.56 Å². The first-order valence-electron chi connectivity index (χ1n) is 7.42. The van der Waals surface area contributed by atoms with E-state index in [0.717, 1.165) is 17.8 Å². The molecule has 1 amide bonds. The first-order chi connectivity index (χ1) is 10.6. The molecule has 1 aromatic carbocycles. The van der Waals surface area contributed by atoms with Crippen LogP contribution >= 0.6 is 35.5 Å². The lowest BCUT2D eigenvalue weighted by Crippen LogP contribution is -2.41. The van der Waals surface area contributed by atoms with Gasteiger partial charge in [-0.2, -0.15) is 0 Å². The number of amides is 1. The van der Waals surface area contributed by atoms with E-state index in [-0.39, 0.29) is 30.4 Å². The molecule has 0 atom stereocenters. The first-order valence-corrected chi connectivity index (χ1v) is 8.57. The molecular formula is C15H19Cl2N3O2S. The normalized spacial score (nSPS) is 15.3. The van der Waals surface area contributed by atoms with Crippen molar-refractivity contribution in [3.63, 3.8) is 0 Å². The second-order valence-electron chi connectivity index (χ2n) is 5.51. The number of piperidine rings is 1. The Kier molecular flexibility index (Phi) is 6.47. The molecule has 1 aliphatic rings. The molecule has 1 saturated heterocycles. The fourth-order valence-electron chi connectivity index (χ4n) is 2.65. The summed E-state index contributed by atoms with van der Waals surface area (Å²) in [6, 6.07) is 5.21. The molecule has 8 heteroatoms. The second kappa shape index (κ2) is 8.15. The Bertz CT molecular complexity index is 738. The molecule has 3 rings (SSSR count). The summed E-state index contributed by atoms with van der Waals surface area (Å²) in [5.74, 6) is -0.134. The Morgan fingerprint density at radius 1 is 1.26 bits per heavy atom. The number of halogens is 2. The van der Waals surface area contributed by atoms with Crippen LogP contribution in [0.5, 0.6) is 0 Å². The Morgan fingerprint density at radius 3 is 2.74 bits per heavy atom. The van der Waals surface area contributed by atoms with E-state index in [2.05, 4.69) is 10.2 Å². The summed E-state index contributed by atoms with van der Waals surface area (Å²) in [5, 5.41) is 3.99. The fraction of sp³-hybridized carbons (Fsp3) is 0.467. The zero-order valence-electron chi connectivity index (χ0n) is 12.6. The monoisotopic (exact) mass is 375 g/mol. The van der Waals surface area contributed by atoms with Gasteiger partial charge in [0, 0.05) is 5.02 Å². The zero-order valence-corrected chi connectivity index (χ0v) is 15.0. The number of nitrogens with one attached hydrogen (secondary N) is 1. The van der Waals surface area contributed by atoms with Gasteiger partial charge in [-0.25, -0.2) is 0 Å². The summed E-state index contributed by atoms with van der Waals surface area (Å²) in [6.45, 7) is 2.68. The first kappa shape index (κ1) is 18.3. The maximum absolute atomic E-state index is 12.2. The van der Waals surface area contributed by atoms with Crippen molar-refractivity contribution < 1.29 is 4.79 Å². The highest BCUT2D eigenvalue weighted by Crippen LogP contribution is 2.20. The molecule has 0 saturated carbocycles. The molecular weight excluding hydrogens is 357 g/mol. The quantitative estimate of drug-likeness (QED) is 0.893. The van der Waals surface area contributed by atoms with Gasteiger partial charge in [-0.15, -0.1) is 12.4 Å². The lowest BCUT2D eigenvalue weighted by Gasteiger charge is -2.26. The number of carbonyl (C=O) groups excluding carboxylic acids is 1. The number of nitrogens with zero attached hydrogens (tertiary/aromatic N) is 2. The van der Waals surface area contributed by atoms with Crippen LogP contribution in [0, 0.1) is 0 Å². The molecule has 0 bridgehead atoms. The van der Waals surface area contributed by atoms with E-state index >= 15 is 0 Å². The van der Waals surface area contributed by atoms with Crippen LogP contribution in [-0.2, 0) is 11.3 Å². The highest BCUT2D eigenvalue weighted by Gasteiger charge is 2.13. The molecule has 2 aromatic rings. The minimum absolute atomic E-state index is 0. The molecule has 1 aromatic heterocycles. The summed E-state index contributed by atoms with van der Waals surface area (Å²) in [4.78, 5) is 26.5. The minimum atomic E-state index is -0.157. The third-order valence-corrected chi connectivity index (χ3v) is 5.15. The second-order valence-corrected chi connectivity index (χ2v) is 7.01. The smallest absolute Gasteiger partial charge is 0.269 e. The molecule has 126 valence electrons. The van der Waals surface area contributed by atoms with Crippen molar-refractivity contribution >= 4 is 51.5 Å². The van der Waals surface area contributed by atoms with Crippen LogP contribution in [-0.4, -0.2) is 34.5 Å². The maximum Gasteiger partial charge on any atom is 0.269 e. The maximum atomic E-state index is 12.2. The number of benzene rings is 1. The number of rotatable bonds is 4. The average Bonchev–Trinajstić information content (AvgIpc) is 2.82. The van der Waals surface area contributed by atoms with Crippen molar-refractivity contribution in [1.82, 2.24) is 14.2 Å². The van der Waals surface area contributed by atoms with Crippen molar-refractivity contribution in [1.29, 1.82) is 0 Å². The van der Waals surface area contributed by atoms with Crippen LogP contribution in [0.25, 0.3) is 10.1 Å². The van der Waals surface area contributed by atoms with Gasteiger partial charge in [-0.05, 0) is 44.1 Å². The number of fused-ring (bicyclic) bond motifs is 1. The van der Waals surface area contributed by atoms with Gasteiger partial charge in [0.2, 0.25) is 5.91 Å². The van der Waals surface area contributed by atoms with Crippen LogP contribution in [0.15, 0.2) is 23.0 Å². The Labute approximate surface area is 149 Å². The third-order valence-electron chi connectivity index (χ3n) is 3.84. The number of hydrogen-bond acceptors (Lipinski definition) is 4. The van der Waals surface area contributed by atoms with E-state index < -0.39 is 0 Å². The molecule has 2 heterocycles. The van der Waals surface area contributed by atoms with Crippen LogP contribution in [0.1, 0.15) is 19.3 Å². The van der Waals surface area contributed by atoms with E-state index in [0.29, 0.717) is 17.1 Å². The molecule has 1 fully saturated rings. The molecule has 0 spiro atoms. The molecule has 0 aliphatic carbocycles. The fourth-order valence-corrected chi connectivity index (χ4v) is 3.80. The molecule has 23 heavy (non-hydrogen) atoms. The number of hydrogen-bond donors (Lipinski definition) is 1. The standard InChI is InChI=1S/C15H18ClN3O2S.ClH/c16-11-4-5-13-12(8-11)15(21)19(22-13)9-14(20)17-10-18-6-2-1-3-7-18;/h4-5,8H,1-3,6-7,9-10H2,(H,17,20);1H. The zero-order chi connectivity index (χ0) is 15.5. The van der Waals surface area contributed by atoms with Gasteiger partial charge < -0.3 is 5.32 Å². The predicted molar refractivity (Wildman–Crippen MR) is 96.8 cm³/mol. The Morgan fingerprint density at radius 2 is 2.00 bits per heavy atom. The van der Waals surface area contributed by atoms with Crippen LogP contribution in [0.2, 0.25) is 5.02 Å². The van der Waals surface area contributed by atoms with Gasteiger partial charge in [0.1, 0.15) is 6.54 Å². The van der Waals surface area contributed by atoms with E-state index in [9.17, 15) is 9.59 Å². The van der Waals surface area contributed by atoms with Gasteiger partial charge in [-0.1, -0.05) is 29.6 Å². The van der Waals surface area contributed by atoms with E-state index in [1.54, 1.807) is 12.1 Å². The third kappa shape index (κ3) is 4.47. The highest BCUT2D eigenvalue weighted by atomic mass is 35.5. The van der Waals surface area contributed by atoms with Crippen molar-refractivity contribution in [2.45, 2.75) is 25.8 Å². The lowest BCUT2D eigenvalue weighted by atomic mass is 10.1. The van der Waals surface area contributed by atoms with Crippen molar-refractivity contribution in [2.24, 2.45) is 0 Å². The van der Waals surface area contributed by atoms with Crippen molar-refractivity contribution in [3.8, 4) is 0 Å². The van der Waals surface area contributed by atoms with Crippen LogP contribution < -0.4 is 10.9 Å². The highest BCUT2D eigenvalue weighted by molar-refractivity contribution is 7.13. The number of carbonyl (C=O) groups is 1. The minimum Gasteiger partial charge on any atom is -0.342 e. The summed E-state index contributed by atoms with van der Waals surface area (Å²) < 4.78 is 2.32. The molecule has 0 unspecified atom stereocenters. The molecule has 5 nitrogen and oxygen atoms in total. The van der Waals surface area contributed by atoms with Gasteiger partial charge in [0.05, 0.1) is 16.8 Å². The largest absolute Gasteiger partial charge is 0.342 e. The summed E-state index contributed by atoms with van der Waals surface area (Å²) >= 11 is 7.21. The lowest BCUT2D eigenvalue weighted by molar-refractivity contribution is -0.122.